The molecule has 0 radical (unpaired) electrons. The average molecular weight is 326 g/mol. The van der Waals surface area contributed by atoms with Gasteiger partial charge in [0.25, 0.3) is 5.69 Å². The molecule has 0 aliphatic carbocycles. The molecule has 0 saturated heterocycles. The lowest BCUT2D eigenvalue weighted by molar-refractivity contribution is -0.384. The highest BCUT2D eigenvalue weighted by Crippen LogP contribution is 2.23. The van der Waals surface area contributed by atoms with E-state index < -0.39 is 10.9 Å². The second-order valence-electron chi connectivity index (χ2n) is 4.14. The number of nitrogens with zero attached hydrogens (tertiary/aromatic N) is 1. The molecule has 0 aliphatic rings. The van der Waals surface area contributed by atoms with Crippen molar-refractivity contribution in [3.8, 4) is 5.75 Å². The summed E-state index contributed by atoms with van der Waals surface area (Å²) in [6.45, 7) is 0. The number of esters is 1. The molecule has 0 aliphatic heterocycles. The molecule has 0 heterocycles. The summed E-state index contributed by atoms with van der Waals surface area (Å²) >= 11 is 11.7. The molecule has 0 saturated carbocycles. The first-order valence-corrected chi connectivity index (χ1v) is 6.60. The SMILES string of the molecule is O=C(Cc1ccc(Cl)cc1Cl)Oc1cccc([N+](=O)[O-])c1. The molecule has 0 spiro atoms. The average Bonchev–Trinajstić information content (AvgIpc) is 2.42. The number of rotatable bonds is 4. The summed E-state index contributed by atoms with van der Waals surface area (Å²) < 4.78 is 5.06. The van der Waals surface area contributed by atoms with Crippen LogP contribution < -0.4 is 4.74 Å². The number of halogens is 2. The van der Waals surface area contributed by atoms with Crippen molar-refractivity contribution >= 4 is 34.9 Å². The molecule has 5 nitrogen and oxygen atoms in total. The number of nitro benzene ring substituents is 1. The Hall–Kier alpha value is -2.11. The van der Waals surface area contributed by atoms with Crippen LogP contribution in [0.25, 0.3) is 0 Å². The third kappa shape index (κ3) is 4.18. The van der Waals surface area contributed by atoms with Crippen molar-refractivity contribution in [1.29, 1.82) is 0 Å². The van der Waals surface area contributed by atoms with Gasteiger partial charge in [0.2, 0.25) is 0 Å². The Morgan fingerprint density at radius 1 is 1.19 bits per heavy atom. The fraction of sp³-hybridized carbons (Fsp3) is 0.0714. The van der Waals surface area contributed by atoms with E-state index in [0.29, 0.717) is 15.6 Å². The fourth-order valence-corrected chi connectivity index (χ4v) is 2.12. The van der Waals surface area contributed by atoms with Gasteiger partial charge in [-0.1, -0.05) is 35.3 Å². The molecule has 108 valence electrons. The lowest BCUT2D eigenvalue weighted by atomic mass is 10.1. The van der Waals surface area contributed by atoms with Gasteiger partial charge in [-0.3, -0.25) is 14.9 Å². The van der Waals surface area contributed by atoms with Crippen molar-refractivity contribution < 1.29 is 14.5 Å². The van der Waals surface area contributed by atoms with Gasteiger partial charge in [0.1, 0.15) is 5.75 Å². The van der Waals surface area contributed by atoms with Gasteiger partial charge in [-0.05, 0) is 23.8 Å². The molecule has 2 aromatic rings. The summed E-state index contributed by atoms with van der Waals surface area (Å²) in [5.74, 6) is -0.459. The minimum absolute atomic E-state index is 0.0569. The number of non-ortho nitro benzene ring substituents is 1. The Bertz CT molecular complexity index is 703. The summed E-state index contributed by atoms with van der Waals surface area (Å²) in [7, 11) is 0. The van der Waals surface area contributed by atoms with E-state index in [1.807, 2.05) is 0 Å². The second kappa shape index (κ2) is 6.56. The van der Waals surface area contributed by atoms with Crippen molar-refractivity contribution in [1.82, 2.24) is 0 Å². The fourth-order valence-electron chi connectivity index (χ4n) is 1.65. The van der Waals surface area contributed by atoms with Crippen LogP contribution in [0, 0.1) is 10.1 Å². The molecule has 2 rings (SSSR count). The first kappa shape index (κ1) is 15.3. The number of hydrogen-bond donors (Lipinski definition) is 0. The van der Waals surface area contributed by atoms with Gasteiger partial charge in [-0.25, -0.2) is 0 Å². The Morgan fingerprint density at radius 2 is 1.95 bits per heavy atom. The third-order valence-electron chi connectivity index (χ3n) is 2.61. The van der Waals surface area contributed by atoms with E-state index in [0.717, 1.165) is 0 Å². The van der Waals surface area contributed by atoms with Crippen LogP contribution in [0.3, 0.4) is 0 Å². The number of carbonyl (C=O) groups excluding carboxylic acids is 1. The van der Waals surface area contributed by atoms with E-state index >= 15 is 0 Å². The molecular weight excluding hydrogens is 317 g/mol. The van der Waals surface area contributed by atoms with Gasteiger partial charge < -0.3 is 4.74 Å². The standard InChI is InChI=1S/C14H9Cl2NO4/c15-10-5-4-9(13(16)7-10)6-14(18)21-12-3-1-2-11(8-12)17(19)20/h1-5,7-8H,6H2. The van der Waals surface area contributed by atoms with Crippen molar-refractivity contribution in [3.63, 3.8) is 0 Å². The Balaban J connectivity index is 2.08. The molecule has 0 bridgehead atoms. The van der Waals surface area contributed by atoms with E-state index in [1.54, 1.807) is 12.1 Å². The summed E-state index contributed by atoms with van der Waals surface area (Å²) in [5.41, 5.74) is 0.418. The first-order valence-electron chi connectivity index (χ1n) is 5.85. The van der Waals surface area contributed by atoms with E-state index in [-0.39, 0.29) is 17.9 Å². The normalized spacial score (nSPS) is 10.2. The lowest BCUT2D eigenvalue weighted by Crippen LogP contribution is -2.11. The molecule has 0 atom stereocenters. The van der Waals surface area contributed by atoms with Gasteiger partial charge in [0.05, 0.1) is 17.4 Å². The topological polar surface area (TPSA) is 69.4 Å². The molecule has 0 unspecified atom stereocenters. The van der Waals surface area contributed by atoms with Gasteiger partial charge in [0.15, 0.2) is 0 Å². The molecule has 7 heteroatoms. The number of carbonyl (C=O) groups is 1. The number of ether oxygens (including phenoxy) is 1. The monoisotopic (exact) mass is 325 g/mol. The molecule has 2 aromatic carbocycles. The third-order valence-corrected chi connectivity index (χ3v) is 3.20. The molecule has 0 fully saturated rings. The summed E-state index contributed by atoms with van der Waals surface area (Å²) in [5, 5.41) is 11.5. The zero-order valence-electron chi connectivity index (χ0n) is 10.6. The van der Waals surface area contributed by atoms with Gasteiger partial charge in [0, 0.05) is 16.1 Å². The van der Waals surface area contributed by atoms with Crippen molar-refractivity contribution in [2.75, 3.05) is 0 Å². The minimum Gasteiger partial charge on any atom is -0.426 e. The van der Waals surface area contributed by atoms with Crippen LogP contribution in [-0.4, -0.2) is 10.9 Å². The van der Waals surface area contributed by atoms with E-state index in [9.17, 15) is 14.9 Å². The largest absolute Gasteiger partial charge is 0.426 e. The maximum absolute atomic E-state index is 11.8. The summed E-state index contributed by atoms with van der Waals surface area (Å²) in [6.07, 6.45) is -0.0569. The lowest BCUT2D eigenvalue weighted by Gasteiger charge is -2.06. The van der Waals surface area contributed by atoms with Crippen molar-refractivity contribution in [3.05, 3.63) is 68.2 Å². The van der Waals surface area contributed by atoms with E-state index in [1.165, 1.54) is 30.3 Å². The summed E-state index contributed by atoms with van der Waals surface area (Å²) in [6, 6.07) is 10.2. The number of nitro groups is 1. The first-order chi connectivity index (χ1) is 9.95. The van der Waals surface area contributed by atoms with Crippen LogP contribution in [0.1, 0.15) is 5.56 Å². The van der Waals surface area contributed by atoms with Gasteiger partial charge in [-0.2, -0.15) is 0 Å². The van der Waals surface area contributed by atoms with Crippen LogP contribution >= 0.6 is 23.2 Å². The summed E-state index contributed by atoms with van der Waals surface area (Å²) in [4.78, 5) is 21.9. The van der Waals surface area contributed by atoms with Crippen LogP contribution in [0.2, 0.25) is 10.0 Å². The molecule has 0 N–H and O–H groups in total. The van der Waals surface area contributed by atoms with Crippen LogP contribution in [0.5, 0.6) is 5.75 Å². The zero-order valence-corrected chi connectivity index (χ0v) is 12.1. The highest BCUT2D eigenvalue weighted by atomic mass is 35.5. The van der Waals surface area contributed by atoms with Crippen LogP contribution in [-0.2, 0) is 11.2 Å². The maximum atomic E-state index is 11.8. The predicted molar refractivity (Wildman–Crippen MR) is 78.9 cm³/mol. The van der Waals surface area contributed by atoms with Gasteiger partial charge >= 0.3 is 5.97 Å². The molecule has 0 amide bonds. The highest BCUT2D eigenvalue weighted by Gasteiger charge is 2.12. The smallest absolute Gasteiger partial charge is 0.315 e. The maximum Gasteiger partial charge on any atom is 0.315 e. The van der Waals surface area contributed by atoms with Gasteiger partial charge in [-0.15, -0.1) is 0 Å². The molecule has 0 aromatic heterocycles. The van der Waals surface area contributed by atoms with E-state index in [4.69, 9.17) is 27.9 Å². The van der Waals surface area contributed by atoms with E-state index in [2.05, 4.69) is 0 Å². The molecular formula is C14H9Cl2NO4. The Morgan fingerprint density at radius 3 is 2.62 bits per heavy atom. The number of benzene rings is 2. The number of hydrogen-bond acceptors (Lipinski definition) is 4. The minimum atomic E-state index is -0.570. The molecule has 21 heavy (non-hydrogen) atoms. The highest BCUT2D eigenvalue weighted by molar-refractivity contribution is 6.35. The van der Waals surface area contributed by atoms with Crippen LogP contribution in [0.15, 0.2) is 42.5 Å². The quantitative estimate of drug-likeness (QED) is 0.368. The predicted octanol–water partition coefficient (Wildman–Crippen LogP) is 4.05. The Labute approximate surface area is 130 Å². The van der Waals surface area contributed by atoms with Crippen molar-refractivity contribution in [2.45, 2.75) is 6.42 Å². The second-order valence-corrected chi connectivity index (χ2v) is 4.98. The zero-order chi connectivity index (χ0) is 15.4. The van der Waals surface area contributed by atoms with Crippen LogP contribution in [0.4, 0.5) is 5.69 Å². The van der Waals surface area contributed by atoms with Crippen molar-refractivity contribution in [2.24, 2.45) is 0 Å². The Kier molecular flexibility index (Phi) is 4.77.